The van der Waals surface area contributed by atoms with Crippen LogP contribution in [0.2, 0.25) is 0 Å². The third-order valence-electron chi connectivity index (χ3n) is 2.40. The van der Waals surface area contributed by atoms with Crippen LogP contribution in [0.5, 0.6) is 5.75 Å². The molecule has 0 aromatic heterocycles. The van der Waals surface area contributed by atoms with Crippen LogP contribution in [-0.4, -0.2) is 26.0 Å². The number of nitrogens with one attached hydrogen (secondary N) is 1. The van der Waals surface area contributed by atoms with Crippen molar-refractivity contribution < 1.29 is 23.1 Å². The van der Waals surface area contributed by atoms with Crippen LogP contribution in [0.1, 0.15) is 0 Å². The predicted molar refractivity (Wildman–Crippen MR) is 61.1 cm³/mol. The molecule has 1 amide bonds. The van der Waals surface area contributed by atoms with Crippen LogP contribution in [0.25, 0.3) is 0 Å². The van der Waals surface area contributed by atoms with Gasteiger partial charge in [-0.05, 0) is 12.1 Å². The molecule has 1 unspecified atom stereocenters. The number of carbonyl (C=O) groups is 1. The van der Waals surface area contributed by atoms with Gasteiger partial charge in [0.05, 0.1) is 5.69 Å². The maximum atomic E-state index is 12.1. The number of carbonyl (C=O) groups excluding carboxylic acids is 1. The van der Waals surface area contributed by atoms with E-state index in [4.69, 9.17) is 13.8 Å². The van der Waals surface area contributed by atoms with E-state index in [1.165, 1.54) is 14.2 Å². The molecule has 1 N–H and O–H groups in total. The number of benzene rings is 1. The number of amides is 1. The van der Waals surface area contributed by atoms with E-state index in [-0.39, 0.29) is 0 Å². The summed E-state index contributed by atoms with van der Waals surface area (Å²) in [7, 11) is -1.18. The Morgan fingerprint density at radius 3 is 2.59 bits per heavy atom. The third kappa shape index (κ3) is 2.07. The van der Waals surface area contributed by atoms with Crippen LogP contribution in [0.15, 0.2) is 24.3 Å². The summed E-state index contributed by atoms with van der Waals surface area (Å²) in [4.78, 5) is 11.8. The molecule has 1 aromatic carbocycles. The van der Waals surface area contributed by atoms with E-state index in [0.717, 1.165) is 0 Å². The quantitative estimate of drug-likeness (QED) is 0.836. The second-order valence-electron chi connectivity index (χ2n) is 3.36. The molecule has 0 saturated carbocycles. The van der Waals surface area contributed by atoms with Gasteiger partial charge in [-0.3, -0.25) is 9.36 Å². The average molecular weight is 257 g/mol. The molecule has 1 aliphatic heterocycles. The fourth-order valence-corrected chi connectivity index (χ4v) is 2.64. The molecule has 17 heavy (non-hydrogen) atoms. The Morgan fingerprint density at radius 1 is 1.29 bits per heavy atom. The molecule has 0 aliphatic carbocycles. The molecule has 6 nitrogen and oxygen atoms in total. The van der Waals surface area contributed by atoms with Gasteiger partial charge in [0.2, 0.25) is 0 Å². The normalized spacial score (nSPS) is 19.2. The predicted octanol–water partition coefficient (Wildman–Crippen LogP) is 1.83. The highest BCUT2D eigenvalue weighted by Crippen LogP contribution is 2.54. The Labute approximate surface area is 98.4 Å². The Balaban J connectivity index is 2.35. The summed E-state index contributed by atoms with van der Waals surface area (Å²) in [6, 6.07) is 6.86. The second-order valence-corrected chi connectivity index (χ2v) is 5.64. The van der Waals surface area contributed by atoms with Gasteiger partial charge in [0.25, 0.3) is 11.8 Å². The summed E-state index contributed by atoms with van der Waals surface area (Å²) in [6.45, 7) is 0. The highest BCUT2D eigenvalue weighted by atomic mass is 31.2. The first-order valence-electron chi connectivity index (χ1n) is 4.88. The van der Waals surface area contributed by atoms with Gasteiger partial charge in [0.1, 0.15) is 5.75 Å². The van der Waals surface area contributed by atoms with Crippen molar-refractivity contribution in [1.29, 1.82) is 0 Å². The molecule has 7 heteroatoms. The molecule has 1 heterocycles. The Hall–Kier alpha value is -1.36. The van der Waals surface area contributed by atoms with Crippen molar-refractivity contribution in [3.63, 3.8) is 0 Å². The zero-order valence-corrected chi connectivity index (χ0v) is 10.3. The number of anilines is 1. The van der Waals surface area contributed by atoms with Crippen molar-refractivity contribution in [3.05, 3.63) is 24.3 Å². The fraction of sp³-hybridized carbons (Fsp3) is 0.300. The van der Waals surface area contributed by atoms with Gasteiger partial charge in [-0.2, -0.15) is 0 Å². The monoisotopic (exact) mass is 257 g/mol. The summed E-state index contributed by atoms with van der Waals surface area (Å²) in [6.07, 6.45) is 0. The Bertz CT molecular complexity index is 481. The number of hydrogen-bond donors (Lipinski definition) is 1. The van der Waals surface area contributed by atoms with E-state index in [2.05, 4.69) is 5.32 Å². The SMILES string of the molecule is COP(=O)(OC)C1Oc2ccccc2NC1=O. The molecule has 1 atom stereocenters. The summed E-state index contributed by atoms with van der Waals surface area (Å²) in [5.74, 6) is -1.39. The van der Waals surface area contributed by atoms with Crippen LogP contribution in [-0.2, 0) is 18.4 Å². The van der Waals surface area contributed by atoms with E-state index < -0.39 is 19.3 Å². The summed E-state index contributed by atoms with van der Waals surface area (Å²) < 4.78 is 27.0. The number of fused-ring (bicyclic) bond motifs is 1. The van der Waals surface area contributed by atoms with Gasteiger partial charge >= 0.3 is 7.60 Å². The van der Waals surface area contributed by atoms with Gasteiger partial charge in [-0.1, -0.05) is 12.1 Å². The molecule has 92 valence electrons. The lowest BCUT2D eigenvalue weighted by Gasteiger charge is -2.28. The first kappa shape index (κ1) is 12.1. The molecule has 1 aliphatic rings. The lowest BCUT2D eigenvalue weighted by atomic mass is 10.2. The Kier molecular flexibility index (Phi) is 3.19. The van der Waals surface area contributed by atoms with Gasteiger partial charge in [-0.15, -0.1) is 0 Å². The van der Waals surface area contributed by atoms with Gasteiger partial charge in [-0.25, -0.2) is 0 Å². The van der Waals surface area contributed by atoms with Gasteiger partial charge in [0, 0.05) is 14.2 Å². The second kappa shape index (κ2) is 4.49. The topological polar surface area (TPSA) is 73.9 Å². The minimum absolute atomic E-state index is 0.437. The smallest absolute Gasteiger partial charge is 0.380 e. The number of rotatable bonds is 3. The van der Waals surface area contributed by atoms with Crippen molar-refractivity contribution >= 4 is 19.2 Å². The number of hydrogen-bond acceptors (Lipinski definition) is 5. The fourth-order valence-electron chi connectivity index (χ4n) is 1.52. The maximum absolute atomic E-state index is 12.1. The number of ether oxygens (including phenoxy) is 1. The molecule has 0 radical (unpaired) electrons. The Morgan fingerprint density at radius 2 is 1.94 bits per heavy atom. The molecule has 2 rings (SSSR count). The highest BCUT2D eigenvalue weighted by Gasteiger charge is 2.44. The van der Waals surface area contributed by atoms with Crippen LogP contribution in [0, 0.1) is 0 Å². The van der Waals surface area contributed by atoms with Crippen molar-refractivity contribution in [2.75, 3.05) is 19.5 Å². The largest absolute Gasteiger partial charge is 0.466 e. The molecule has 0 spiro atoms. The first-order chi connectivity index (χ1) is 8.10. The minimum Gasteiger partial charge on any atom is -0.466 e. The van der Waals surface area contributed by atoms with Gasteiger partial charge < -0.3 is 19.1 Å². The molecule has 0 fully saturated rings. The van der Waals surface area contributed by atoms with E-state index in [1.807, 2.05) is 0 Å². The van der Waals surface area contributed by atoms with Crippen molar-refractivity contribution in [2.24, 2.45) is 0 Å². The van der Waals surface area contributed by atoms with Crippen molar-refractivity contribution in [3.8, 4) is 5.75 Å². The lowest BCUT2D eigenvalue weighted by molar-refractivity contribution is -0.121. The zero-order valence-electron chi connectivity index (χ0n) is 9.38. The minimum atomic E-state index is -3.60. The van der Waals surface area contributed by atoms with E-state index >= 15 is 0 Å². The molecule has 0 saturated heterocycles. The van der Waals surface area contributed by atoms with Crippen LogP contribution >= 0.6 is 7.60 Å². The molecule has 0 bridgehead atoms. The summed E-state index contributed by atoms with van der Waals surface area (Å²) in [5, 5.41) is 2.59. The lowest BCUT2D eigenvalue weighted by Crippen LogP contribution is -2.37. The van der Waals surface area contributed by atoms with Crippen LogP contribution < -0.4 is 10.1 Å². The molecular formula is C10H12NO5P. The maximum Gasteiger partial charge on any atom is 0.380 e. The average Bonchev–Trinajstić information content (AvgIpc) is 2.37. The van der Waals surface area contributed by atoms with Crippen LogP contribution in [0.3, 0.4) is 0 Å². The first-order valence-corrected chi connectivity index (χ1v) is 6.49. The molecular weight excluding hydrogens is 245 g/mol. The van der Waals surface area contributed by atoms with Crippen molar-refractivity contribution in [1.82, 2.24) is 0 Å². The van der Waals surface area contributed by atoms with Crippen LogP contribution in [0.4, 0.5) is 5.69 Å². The summed E-state index contributed by atoms with van der Waals surface area (Å²) in [5.41, 5.74) is 0.535. The van der Waals surface area contributed by atoms with Crippen molar-refractivity contribution in [2.45, 2.75) is 5.85 Å². The third-order valence-corrected chi connectivity index (χ3v) is 4.34. The van der Waals surface area contributed by atoms with Gasteiger partial charge in [0.15, 0.2) is 0 Å². The zero-order chi connectivity index (χ0) is 12.5. The standard InChI is InChI=1S/C10H12NO5P/c1-14-17(13,15-2)10-9(12)11-7-5-3-4-6-8(7)16-10/h3-6,10H,1-2H3,(H,11,12). The summed E-state index contributed by atoms with van der Waals surface area (Å²) >= 11 is 0. The van der Waals surface area contributed by atoms with E-state index in [0.29, 0.717) is 11.4 Å². The van der Waals surface area contributed by atoms with E-state index in [1.54, 1.807) is 24.3 Å². The molecule has 1 aromatic rings. The van der Waals surface area contributed by atoms with E-state index in [9.17, 15) is 9.36 Å². The highest BCUT2D eigenvalue weighted by molar-refractivity contribution is 7.55. The number of para-hydroxylation sites is 2.